The molecule has 90 valence electrons. The zero-order chi connectivity index (χ0) is 12.0. The maximum absolute atomic E-state index is 11.6. The highest BCUT2D eigenvalue weighted by atomic mass is 16.3. The first-order chi connectivity index (χ1) is 7.65. The van der Waals surface area contributed by atoms with Crippen LogP contribution in [0.3, 0.4) is 0 Å². The van der Waals surface area contributed by atoms with Crippen molar-refractivity contribution in [2.75, 3.05) is 0 Å². The summed E-state index contributed by atoms with van der Waals surface area (Å²) >= 11 is 0. The van der Waals surface area contributed by atoms with Crippen molar-refractivity contribution in [3.8, 4) is 12.3 Å². The van der Waals surface area contributed by atoms with Crippen LogP contribution in [-0.2, 0) is 4.79 Å². The average Bonchev–Trinajstić information content (AvgIpc) is 2.45. The van der Waals surface area contributed by atoms with E-state index < -0.39 is 12.1 Å². The molecule has 16 heavy (non-hydrogen) atoms. The molecule has 0 bridgehead atoms. The molecule has 0 spiro atoms. The lowest BCUT2D eigenvalue weighted by atomic mass is 10.1. The Labute approximate surface area is 96.6 Å². The van der Waals surface area contributed by atoms with Crippen molar-refractivity contribution in [2.45, 2.75) is 56.7 Å². The lowest BCUT2D eigenvalue weighted by Crippen LogP contribution is -2.49. The van der Waals surface area contributed by atoms with Gasteiger partial charge in [-0.15, -0.1) is 12.3 Å². The quantitative estimate of drug-likeness (QED) is 0.472. The fourth-order valence-electron chi connectivity index (χ4n) is 1.97. The smallest absolute Gasteiger partial charge is 0.238 e. The monoisotopic (exact) mass is 224 g/mol. The Morgan fingerprint density at radius 2 is 2.19 bits per heavy atom. The van der Waals surface area contributed by atoms with E-state index in [2.05, 4.69) is 11.2 Å². The number of aliphatic hydroxyl groups excluding tert-OH is 1. The molecule has 0 aromatic heterocycles. The number of aliphatic hydroxyl groups is 1. The molecule has 1 rings (SSSR count). The highest BCUT2D eigenvalue weighted by Crippen LogP contribution is 2.18. The molecule has 0 aromatic rings. The minimum atomic E-state index is -0.666. The molecule has 0 aromatic carbocycles. The van der Waals surface area contributed by atoms with Gasteiger partial charge in [0.15, 0.2) is 0 Å². The number of nitrogens with one attached hydrogen (secondary N) is 1. The maximum Gasteiger partial charge on any atom is 0.238 e. The molecule has 1 saturated carbocycles. The number of carbonyl (C=O) groups is 1. The van der Waals surface area contributed by atoms with Gasteiger partial charge in [0.2, 0.25) is 5.91 Å². The highest BCUT2D eigenvalue weighted by Gasteiger charge is 2.24. The molecular formula is C12H20N2O2. The number of carbonyl (C=O) groups excluding carboxylic acids is 1. The Hall–Kier alpha value is -1.05. The van der Waals surface area contributed by atoms with Crippen molar-refractivity contribution in [2.24, 2.45) is 5.73 Å². The van der Waals surface area contributed by atoms with Gasteiger partial charge in [-0.25, -0.2) is 0 Å². The van der Waals surface area contributed by atoms with Gasteiger partial charge in [0.1, 0.15) is 0 Å². The third-order valence-corrected chi connectivity index (χ3v) is 2.98. The summed E-state index contributed by atoms with van der Waals surface area (Å²) < 4.78 is 0. The van der Waals surface area contributed by atoms with Gasteiger partial charge in [-0.05, 0) is 12.8 Å². The average molecular weight is 224 g/mol. The van der Waals surface area contributed by atoms with Gasteiger partial charge in [0.25, 0.3) is 0 Å². The molecule has 1 aliphatic carbocycles. The van der Waals surface area contributed by atoms with E-state index in [4.69, 9.17) is 12.2 Å². The van der Waals surface area contributed by atoms with Gasteiger partial charge in [-0.2, -0.15) is 0 Å². The lowest BCUT2D eigenvalue weighted by molar-refractivity contribution is -0.123. The molecule has 0 radical (unpaired) electrons. The maximum atomic E-state index is 11.6. The van der Waals surface area contributed by atoms with Crippen LogP contribution in [0.1, 0.15) is 38.5 Å². The molecule has 0 aliphatic heterocycles. The lowest BCUT2D eigenvalue weighted by Gasteiger charge is -2.23. The minimum absolute atomic E-state index is 0.168. The third-order valence-electron chi connectivity index (χ3n) is 2.98. The van der Waals surface area contributed by atoms with Crippen molar-refractivity contribution in [1.82, 2.24) is 5.32 Å². The van der Waals surface area contributed by atoms with E-state index in [9.17, 15) is 9.90 Å². The second-order valence-electron chi connectivity index (χ2n) is 4.34. The van der Waals surface area contributed by atoms with Crippen molar-refractivity contribution >= 4 is 5.91 Å². The molecule has 4 heteroatoms. The topological polar surface area (TPSA) is 75.4 Å². The summed E-state index contributed by atoms with van der Waals surface area (Å²) in [5.41, 5.74) is 5.59. The predicted molar refractivity (Wildman–Crippen MR) is 62.4 cm³/mol. The Morgan fingerprint density at radius 1 is 1.50 bits per heavy atom. The Kier molecular flexibility index (Phi) is 5.30. The van der Waals surface area contributed by atoms with Crippen LogP contribution in [0, 0.1) is 12.3 Å². The summed E-state index contributed by atoms with van der Waals surface area (Å²) in [5.74, 6) is 2.10. The van der Waals surface area contributed by atoms with Crippen LogP contribution in [0.15, 0.2) is 0 Å². The predicted octanol–water partition coefficient (Wildman–Crippen LogP) is 0.147. The van der Waals surface area contributed by atoms with E-state index in [-0.39, 0.29) is 18.4 Å². The first kappa shape index (κ1) is 13.0. The van der Waals surface area contributed by atoms with Crippen molar-refractivity contribution < 1.29 is 9.90 Å². The molecule has 4 nitrogen and oxygen atoms in total. The van der Waals surface area contributed by atoms with E-state index in [1.807, 2.05) is 0 Å². The van der Waals surface area contributed by atoms with E-state index in [1.54, 1.807) is 0 Å². The fraction of sp³-hybridized carbons (Fsp3) is 0.750. The van der Waals surface area contributed by atoms with Crippen LogP contribution in [-0.4, -0.2) is 29.2 Å². The summed E-state index contributed by atoms with van der Waals surface area (Å²) in [6.07, 6.45) is 9.59. The highest BCUT2D eigenvalue weighted by molar-refractivity contribution is 5.82. The van der Waals surface area contributed by atoms with Crippen LogP contribution in [0.4, 0.5) is 0 Å². The van der Waals surface area contributed by atoms with Crippen molar-refractivity contribution in [1.29, 1.82) is 0 Å². The molecule has 1 fully saturated rings. The first-order valence-electron chi connectivity index (χ1n) is 5.82. The summed E-state index contributed by atoms with van der Waals surface area (Å²) in [6, 6.07) is -0.834. The zero-order valence-corrected chi connectivity index (χ0v) is 9.48. The van der Waals surface area contributed by atoms with Gasteiger partial charge in [-0.3, -0.25) is 4.79 Å². The summed E-state index contributed by atoms with van der Waals surface area (Å²) in [7, 11) is 0. The Bertz CT molecular complexity index is 273. The molecule has 3 atom stereocenters. The summed E-state index contributed by atoms with van der Waals surface area (Å²) in [4.78, 5) is 11.6. The van der Waals surface area contributed by atoms with Gasteiger partial charge < -0.3 is 16.2 Å². The Balaban J connectivity index is 2.45. The molecule has 0 heterocycles. The number of amides is 1. The van der Waals surface area contributed by atoms with E-state index in [0.717, 1.165) is 32.1 Å². The van der Waals surface area contributed by atoms with Crippen LogP contribution in [0.5, 0.6) is 0 Å². The number of nitrogens with two attached hydrogens (primary N) is 1. The molecule has 4 N–H and O–H groups in total. The van der Waals surface area contributed by atoms with Gasteiger partial charge in [0.05, 0.1) is 18.2 Å². The van der Waals surface area contributed by atoms with Crippen LogP contribution < -0.4 is 11.1 Å². The number of hydrogen-bond donors (Lipinski definition) is 3. The number of hydrogen-bond acceptors (Lipinski definition) is 3. The summed E-state index contributed by atoms with van der Waals surface area (Å²) in [6.45, 7) is 0. The second kappa shape index (κ2) is 6.51. The molecule has 0 saturated heterocycles. The van der Waals surface area contributed by atoms with E-state index >= 15 is 0 Å². The van der Waals surface area contributed by atoms with Crippen molar-refractivity contribution in [3.05, 3.63) is 0 Å². The summed E-state index contributed by atoms with van der Waals surface area (Å²) in [5, 5.41) is 12.6. The van der Waals surface area contributed by atoms with Gasteiger partial charge >= 0.3 is 0 Å². The van der Waals surface area contributed by atoms with Crippen LogP contribution in [0.2, 0.25) is 0 Å². The fourth-order valence-corrected chi connectivity index (χ4v) is 1.97. The third kappa shape index (κ3) is 3.84. The molecule has 1 amide bonds. The van der Waals surface area contributed by atoms with Crippen LogP contribution in [0.25, 0.3) is 0 Å². The SMILES string of the molecule is C#CCC(N)C(=O)NC1CCCCCC1O. The first-order valence-corrected chi connectivity index (χ1v) is 5.82. The molecule has 1 aliphatic rings. The second-order valence-corrected chi connectivity index (χ2v) is 4.34. The number of terminal acetylenes is 1. The van der Waals surface area contributed by atoms with E-state index in [0.29, 0.717) is 0 Å². The van der Waals surface area contributed by atoms with Gasteiger partial charge in [0, 0.05) is 6.42 Å². The normalized spacial score (nSPS) is 27.6. The Morgan fingerprint density at radius 3 is 2.88 bits per heavy atom. The van der Waals surface area contributed by atoms with Gasteiger partial charge in [-0.1, -0.05) is 19.3 Å². The minimum Gasteiger partial charge on any atom is -0.391 e. The molecule has 3 unspecified atom stereocenters. The van der Waals surface area contributed by atoms with Crippen molar-refractivity contribution in [3.63, 3.8) is 0 Å². The van der Waals surface area contributed by atoms with E-state index in [1.165, 1.54) is 0 Å². The standard InChI is InChI=1S/C12H20N2O2/c1-2-6-9(13)12(16)14-10-7-4-3-5-8-11(10)15/h1,9-11,15H,3-8,13H2,(H,14,16). The largest absolute Gasteiger partial charge is 0.391 e. The number of rotatable bonds is 3. The van der Waals surface area contributed by atoms with Crippen LogP contribution >= 0.6 is 0 Å². The zero-order valence-electron chi connectivity index (χ0n) is 9.48. The molecular weight excluding hydrogens is 204 g/mol.